The summed E-state index contributed by atoms with van der Waals surface area (Å²) in [5.74, 6) is 0. The van der Waals surface area contributed by atoms with Crippen molar-refractivity contribution in [3.05, 3.63) is 11.6 Å². The predicted molar refractivity (Wildman–Crippen MR) is 33.8 cm³/mol. The standard InChI is InChI=1S/C6H9NO2/c8-7-4-6-2-1-3-9-5-6/h2,4,8H,1,3,5H2/b7-4-. The lowest BCUT2D eigenvalue weighted by Crippen LogP contribution is -2.06. The van der Waals surface area contributed by atoms with Gasteiger partial charge in [0.05, 0.1) is 19.4 Å². The van der Waals surface area contributed by atoms with Gasteiger partial charge >= 0.3 is 0 Å². The van der Waals surface area contributed by atoms with Crippen molar-refractivity contribution in [2.45, 2.75) is 6.42 Å². The van der Waals surface area contributed by atoms with Crippen molar-refractivity contribution in [3.63, 3.8) is 0 Å². The van der Waals surface area contributed by atoms with Crippen molar-refractivity contribution in [2.75, 3.05) is 13.2 Å². The first kappa shape index (κ1) is 6.29. The smallest absolute Gasteiger partial charge is 0.0730 e. The van der Waals surface area contributed by atoms with Crippen molar-refractivity contribution in [1.29, 1.82) is 0 Å². The van der Waals surface area contributed by atoms with Crippen LogP contribution in [-0.4, -0.2) is 24.6 Å². The number of hydrogen-bond donors (Lipinski definition) is 1. The minimum atomic E-state index is 0.573. The molecule has 0 unspecified atom stereocenters. The number of rotatable bonds is 1. The zero-order valence-electron chi connectivity index (χ0n) is 5.08. The van der Waals surface area contributed by atoms with Crippen LogP contribution in [0.5, 0.6) is 0 Å². The largest absolute Gasteiger partial charge is 0.411 e. The molecule has 0 fully saturated rings. The van der Waals surface area contributed by atoms with Crippen LogP contribution in [0, 0.1) is 0 Å². The van der Waals surface area contributed by atoms with Gasteiger partial charge in [0.15, 0.2) is 0 Å². The lowest BCUT2D eigenvalue weighted by molar-refractivity contribution is 0.154. The van der Waals surface area contributed by atoms with Crippen molar-refractivity contribution in [1.82, 2.24) is 0 Å². The number of oxime groups is 1. The van der Waals surface area contributed by atoms with E-state index in [9.17, 15) is 0 Å². The highest BCUT2D eigenvalue weighted by Crippen LogP contribution is 2.01. The van der Waals surface area contributed by atoms with E-state index in [1.165, 1.54) is 6.21 Å². The predicted octanol–water partition coefficient (Wildman–Crippen LogP) is 0.793. The quantitative estimate of drug-likeness (QED) is 0.321. The highest BCUT2D eigenvalue weighted by atomic mass is 16.5. The molecule has 0 aromatic rings. The summed E-state index contributed by atoms with van der Waals surface area (Å²) in [6, 6.07) is 0. The molecule has 0 radical (unpaired) electrons. The second kappa shape index (κ2) is 3.25. The molecule has 0 aliphatic carbocycles. The maximum absolute atomic E-state index is 8.09. The maximum Gasteiger partial charge on any atom is 0.0730 e. The van der Waals surface area contributed by atoms with Crippen LogP contribution in [0.2, 0.25) is 0 Å². The summed E-state index contributed by atoms with van der Waals surface area (Å²) in [5.41, 5.74) is 0.948. The van der Waals surface area contributed by atoms with E-state index < -0.39 is 0 Å². The molecule has 0 saturated heterocycles. The SMILES string of the molecule is O/N=C\C1=CCCOC1. The van der Waals surface area contributed by atoms with Gasteiger partial charge in [0.2, 0.25) is 0 Å². The monoisotopic (exact) mass is 127 g/mol. The Balaban J connectivity index is 2.46. The molecule has 0 spiro atoms. The molecule has 1 aliphatic heterocycles. The summed E-state index contributed by atoms with van der Waals surface area (Å²) in [6.07, 6.45) is 4.32. The molecule has 50 valence electrons. The Morgan fingerprint density at radius 3 is 3.22 bits per heavy atom. The molecule has 0 amide bonds. The van der Waals surface area contributed by atoms with Gasteiger partial charge in [-0.25, -0.2) is 0 Å². The molecule has 1 aliphatic rings. The average molecular weight is 127 g/mol. The van der Waals surface area contributed by atoms with E-state index in [4.69, 9.17) is 9.94 Å². The lowest BCUT2D eigenvalue weighted by atomic mass is 10.2. The number of hydrogen-bond acceptors (Lipinski definition) is 3. The molecule has 1 heterocycles. The van der Waals surface area contributed by atoms with E-state index in [1.807, 2.05) is 6.08 Å². The van der Waals surface area contributed by atoms with Gasteiger partial charge in [-0.2, -0.15) is 0 Å². The summed E-state index contributed by atoms with van der Waals surface area (Å²) in [4.78, 5) is 0. The normalized spacial score (nSPS) is 20.2. The van der Waals surface area contributed by atoms with Crippen LogP contribution in [0.25, 0.3) is 0 Å². The zero-order valence-corrected chi connectivity index (χ0v) is 5.08. The van der Waals surface area contributed by atoms with Crippen LogP contribution in [-0.2, 0) is 4.74 Å². The second-order valence-corrected chi connectivity index (χ2v) is 1.86. The van der Waals surface area contributed by atoms with Gasteiger partial charge in [0.25, 0.3) is 0 Å². The summed E-state index contributed by atoms with van der Waals surface area (Å²) < 4.78 is 5.06. The van der Waals surface area contributed by atoms with Gasteiger partial charge in [-0.3, -0.25) is 0 Å². The Kier molecular flexibility index (Phi) is 2.27. The third-order valence-electron chi connectivity index (χ3n) is 1.16. The van der Waals surface area contributed by atoms with E-state index >= 15 is 0 Å². The highest BCUT2D eigenvalue weighted by molar-refractivity contribution is 5.78. The molecule has 1 rings (SSSR count). The Labute approximate surface area is 53.6 Å². The molecule has 0 saturated carbocycles. The fraction of sp³-hybridized carbons (Fsp3) is 0.500. The van der Waals surface area contributed by atoms with Crippen molar-refractivity contribution >= 4 is 6.21 Å². The van der Waals surface area contributed by atoms with Crippen LogP contribution < -0.4 is 0 Å². The van der Waals surface area contributed by atoms with Gasteiger partial charge in [0, 0.05) is 0 Å². The Hall–Kier alpha value is -0.830. The minimum absolute atomic E-state index is 0.573. The highest BCUT2D eigenvalue weighted by Gasteiger charge is 1.99. The van der Waals surface area contributed by atoms with E-state index in [-0.39, 0.29) is 0 Å². The van der Waals surface area contributed by atoms with Gasteiger partial charge in [0.1, 0.15) is 0 Å². The summed E-state index contributed by atoms with van der Waals surface area (Å²) in [7, 11) is 0. The zero-order chi connectivity index (χ0) is 6.53. The Morgan fingerprint density at radius 2 is 2.67 bits per heavy atom. The van der Waals surface area contributed by atoms with Crippen molar-refractivity contribution in [3.8, 4) is 0 Å². The summed E-state index contributed by atoms with van der Waals surface area (Å²) in [6.45, 7) is 1.35. The first-order valence-corrected chi connectivity index (χ1v) is 2.87. The fourth-order valence-electron chi connectivity index (χ4n) is 0.741. The fourth-order valence-corrected chi connectivity index (χ4v) is 0.741. The van der Waals surface area contributed by atoms with E-state index in [0.717, 1.165) is 18.6 Å². The van der Waals surface area contributed by atoms with Gasteiger partial charge in [-0.05, 0) is 12.0 Å². The first-order valence-electron chi connectivity index (χ1n) is 2.87. The molecule has 0 aromatic heterocycles. The molecular weight excluding hydrogens is 118 g/mol. The van der Waals surface area contributed by atoms with Crippen LogP contribution in [0.3, 0.4) is 0 Å². The van der Waals surface area contributed by atoms with E-state index in [1.54, 1.807) is 0 Å². The van der Waals surface area contributed by atoms with Gasteiger partial charge in [-0.15, -0.1) is 0 Å². The molecule has 9 heavy (non-hydrogen) atoms. The van der Waals surface area contributed by atoms with Crippen LogP contribution in [0.1, 0.15) is 6.42 Å². The van der Waals surface area contributed by atoms with Gasteiger partial charge in [-0.1, -0.05) is 11.2 Å². The molecule has 3 heteroatoms. The van der Waals surface area contributed by atoms with Crippen molar-refractivity contribution < 1.29 is 9.94 Å². The minimum Gasteiger partial charge on any atom is -0.411 e. The lowest BCUT2D eigenvalue weighted by Gasteiger charge is -2.07. The molecule has 1 N–H and O–H groups in total. The topological polar surface area (TPSA) is 41.8 Å². The molecular formula is C6H9NO2. The van der Waals surface area contributed by atoms with Crippen LogP contribution in [0.4, 0.5) is 0 Å². The Bertz CT molecular complexity index is 140. The van der Waals surface area contributed by atoms with E-state index in [0.29, 0.717) is 6.61 Å². The molecule has 3 nitrogen and oxygen atoms in total. The van der Waals surface area contributed by atoms with Crippen LogP contribution in [0.15, 0.2) is 16.8 Å². The summed E-state index contributed by atoms with van der Waals surface area (Å²) >= 11 is 0. The average Bonchev–Trinajstić information content (AvgIpc) is 1.91. The molecule has 0 atom stereocenters. The third-order valence-corrected chi connectivity index (χ3v) is 1.16. The number of ether oxygens (including phenoxy) is 1. The first-order chi connectivity index (χ1) is 4.43. The van der Waals surface area contributed by atoms with E-state index in [2.05, 4.69) is 5.16 Å². The van der Waals surface area contributed by atoms with Crippen molar-refractivity contribution in [2.24, 2.45) is 5.16 Å². The van der Waals surface area contributed by atoms with Gasteiger partial charge < -0.3 is 9.94 Å². The molecule has 0 aromatic carbocycles. The second-order valence-electron chi connectivity index (χ2n) is 1.86. The summed E-state index contributed by atoms with van der Waals surface area (Å²) in [5, 5.41) is 11.0. The third kappa shape index (κ3) is 1.85. The number of nitrogens with zero attached hydrogens (tertiary/aromatic N) is 1. The molecule has 0 bridgehead atoms. The maximum atomic E-state index is 8.09. The Morgan fingerprint density at radius 1 is 1.78 bits per heavy atom. The van der Waals surface area contributed by atoms with Crippen LogP contribution >= 0.6 is 0 Å².